The van der Waals surface area contributed by atoms with Gasteiger partial charge in [0, 0.05) is 5.92 Å². The van der Waals surface area contributed by atoms with Crippen LogP contribution < -0.4 is 0 Å². The van der Waals surface area contributed by atoms with Crippen molar-refractivity contribution < 1.29 is 19.1 Å². The minimum Gasteiger partial charge on any atom is -0.465 e. The van der Waals surface area contributed by atoms with Gasteiger partial charge in [-0.05, 0) is 26.2 Å². The molecule has 0 fully saturated rings. The standard InChI is InChI=1S/C15H22O4/c1-4-11-19-14(17)15(5-2,13(16)18-6-3)12-9-7-8-10-12/h4,7,9,12H,1,5-6,8,10-11H2,2-3H3. The number of hydrogen-bond donors (Lipinski definition) is 0. The molecule has 4 nitrogen and oxygen atoms in total. The number of ether oxygens (including phenoxy) is 2. The Kier molecular flexibility index (Phi) is 5.80. The lowest BCUT2D eigenvalue weighted by Gasteiger charge is -2.32. The Bertz CT molecular complexity index is 372. The molecule has 0 aromatic heterocycles. The number of allylic oxidation sites excluding steroid dienone is 2. The Morgan fingerprint density at radius 3 is 2.53 bits per heavy atom. The second-order valence-electron chi connectivity index (χ2n) is 4.54. The molecule has 19 heavy (non-hydrogen) atoms. The average molecular weight is 266 g/mol. The van der Waals surface area contributed by atoms with E-state index in [1.165, 1.54) is 6.08 Å². The van der Waals surface area contributed by atoms with Crippen molar-refractivity contribution >= 4 is 11.9 Å². The average Bonchev–Trinajstić information content (AvgIpc) is 2.92. The van der Waals surface area contributed by atoms with E-state index in [1.54, 1.807) is 6.92 Å². The number of carbonyl (C=O) groups is 2. The summed E-state index contributed by atoms with van der Waals surface area (Å²) in [7, 11) is 0. The molecule has 2 unspecified atom stereocenters. The first-order chi connectivity index (χ1) is 9.13. The summed E-state index contributed by atoms with van der Waals surface area (Å²) < 4.78 is 10.2. The zero-order valence-electron chi connectivity index (χ0n) is 11.7. The first-order valence-corrected chi connectivity index (χ1v) is 6.75. The minimum atomic E-state index is -1.22. The van der Waals surface area contributed by atoms with E-state index in [-0.39, 0.29) is 19.1 Å². The quantitative estimate of drug-likeness (QED) is 0.404. The molecule has 0 saturated carbocycles. The maximum absolute atomic E-state index is 12.4. The first kappa shape index (κ1) is 15.5. The molecular weight excluding hydrogens is 244 g/mol. The third-order valence-corrected chi connectivity index (χ3v) is 3.54. The first-order valence-electron chi connectivity index (χ1n) is 6.75. The molecule has 1 rings (SSSR count). The van der Waals surface area contributed by atoms with Gasteiger partial charge in [-0.25, -0.2) is 0 Å². The van der Waals surface area contributed by atoms with Gasteiger partial charge in [-0.2, -0.15) is 0 Å². The molecule has 106 valence electrons. The van der Waals surface area contributed by atoms with Gasteiger partial charge >= 0.3 is 11.9 Å². The maximum atomic E-state index is 12.4. The number of esters is 2. The molecule has 0 aromatic rings. The van der Waals surface area contributed by atoms with Gasteiger partial charge in [0.25, 0.3) is 0 Å². The lowest BCUT2D eigenvalue weighted by Crippen LogP contribution is -2.46. The van der Waals surface area contributed by atoms with Crippen molar-refractivity contribution in [2.75, 3.05) is 13.2 Å². The molecule has 1 aliphatic carbocycles. The van der Waals surface area contributed by atoms with Crippen molar-refractivity contribution in [2.45, 2.75) is 33.1 Å². The van der Waals surface area contributed by atoms with E-state index in [0.29, 0.717) is 6.42 Å². The Hall–Kier alpha value is -1.58. The SMILES string of the molecule is C=CCOC(=O)C(CC)(C(=O)OCC)C1C=CCC1. The van der Waals surface area contributed by atoms with Crippen LogP contribution in [0.4, 0.5) is 0 Å². The summed E-state index contributed by atoms with van der Waals surface area (Å²) in [6.07, 6.45) is 7.44. The molecule has 0 bridgehead atoms. The highest BCUT2D eigenvalue weighted by molar-refractivity contribution is 6.00. The van der Waals surface area contributed by atoms with Crippen LogP contribution in [0.3, 0.4) is 0 Å². The van der Waals surface area contributed by atoms with Gasteiger partial charge in [-0.3, -0.25) is 9.59 Å². The molecule has 0 aromatic carbocycles. The fourth-order valence-electron chi connectivity index (χ4n) is 2.50. The molecule has 0 amide bonds. The molecule has 4 heteroatoms. The van der Waals surface area contributed by atoms with Crippen molar-refractivity contribution in [2.24, 2.45) is 11.3 Å². The summed E-state index contributed by atoms with van der Waals surface area (Å²) in [5, 5.41) is 0. The van der Waals surface area contributed by atoms with E-state index in [4.69, 9.17) is 9.47 Å². The van der Waals surface area contributed by atoms with E-state index in [0.717, 1.165) is 12.8 Å². The predicted octanol–water partition coefficient (Wildman–Crippen LogP) is 2.64. The molecule has 2 atom stereocenters. The van der Waals surface area contributed by atoms with E-state index in [2.05, 4.69) is 6.58 Å². The zero-order chi connectivity index (χ0) is 14.3. The molecule has 0 N–H and O–H groups in total. The van der Waals surface area contributed by atoms with Crippen LogP contribution in [0.25, 0.3) is 0 Å². The number of hydrogen-bond acceptors (Lipinski definition) is 4. The second-order valence-corrected chi connectivity index (χ2v) is 4.54. The van der Waals surface area contributed by atoms with Crippen LogP contribution in [-0.4, -0.2) is 25.2 Å². The highest BCUT2D eigenvalue weighted by atomic mass is 16.6. The summed E-state index contributed by atoms with van der Waals surface area (Å²) in [6, 6.07) is 0. The monoisotopic (exact) mass is 266 g/mol. The normalized spacial score (nSPS) is 20.6. The third-order valence-electron chi connectivity index (χ3n) is 3.54. The van der Waals surface area contributed by atoms with E-state index < -0.39 is 17.4 Å². The lowest BCUT2D eigenvalue weighted by molar-refractivity contribution is -0.175. The second kappa shape index (κ2) is 7.12. The van der Waals surface area contributed by atoms with Crippen molar-refractivity contribution in [3.05, 3.63) is 24.8 Å². The Balaban J connectivity index is 3.04. The molecule has 1 aliphatic rings. The van der Waals surface area contributed by atoms with E-state index in [1.807, 2.05) is 19.1 Å². The number of carbonyl (C=O) groups excluding carboxylic acids is 2. The van der Waals surface area contributed by atoms with E-state index in [9.17, 15) is 9.59 Å². The zero-order valence-corrected chi connectivity index (χ0v) is 11.7. The summed E-state index contributed by atoms with van der Waals surface area (Å²) in [5.41, 5.74) is -1.22. The van der Waals surface area contributed by atoms with Crippen LogP contribution in [0.5, 0.6) is 0 Å². The largest absolute Gasteiger partial charge is 0.465 e. The van der Waals surface area contributed by atoms with Gasteiger partial charge in [-0.1, -0.05) is 31.7 Å². The fraction of sp³-hybridized carbons (Fsp3) is 0.600. The van der Waals surface area contributed by atoms with Crippen molar-refractivity contribution in [3.63, 3.8) is 0 Å². The molecular formula is C15H22O4. The topological polar surface area (TPSA) is 52.6 Å². The molecule has 0 spiro atoms. The maximum Gasteiger partial charge on any atom is 0.324 e. The fourth-order valence-corrected chi connectivity index (χ4v) is 2.50. The Morgan fingerprint density at radius 1 is 1.37 bits per heavy atom. The van der Waals surface area contributed by atoms with Crippen LogP contribution in [0.2, 0.25) is 0 Å². The summed E-state index contributed by atoms with van der Waals surface area (Å²) >= 11 is 0. The van der Waals surface area contributed by atoms with Crippen LogP contribution in [-0.2, 0) is 19.1 Å². The molecule has 0 saturated heterocycles. The molecule has 0 aliphatic heterocycles. The highest BCUT2D eigenvalue weighted by Gasteiger charge is 2.52. The molecule has 0 heterocycles. The van der Waals surface area contributed by atoms with E-state index >= 15 is 0 Å². The van der Waals surface area contributed by atoms with Crippen molar-refractivity contribution in [1.82, 2.24) is 0 Å². The van der Waals surface area contributed by atoms with Gasteiger partial charge < -0.3 is 9.47 Å². The van der Waals surface area contributed by atoms with Crippen molar-refractivity contribution in [1.29, 1.82) is 0 Å². The Labute approximate surface area is 114 Å². The van der Waals surface area contributed by atoms with Gasteiger partial charge in [0.05, 0.1) is 6.61 Å². The van der Waals surface area contributed by atoms with Gasteiger partial charge in [0.2, 0.25) is 0 Å². The van der Waals surface area contributed by atoms with Gasteiger partial charge in [-0.15, -0.1) is 0 Å². The third kappa shape index (κ3) is 3.06. The molecule has 0 radical (unpaired) electrons. The highest BCUT2D eigenvalue weighted by Crippen LogP contribution is 2.41. The number of rotatable bonds is 7. The summed E-state index contributed by atoms with van der Waals surface area (Å²) in [5.74, 6) is -1.14. The summed E-state index contributed by atoms with van der Waals surface area (Å²) in [6.45, 7) is 7.43. The van der Waals surface area contributed by atoms with Crippen LogP contribution in [0.1, 0.15) is 33.1 Å². The van der Waals surface area contributed by atoms with Crippen LogP contribution in [0.15, 0.2) is 24.8 Å². The summed E-state index contributed by atoms with van der Waals surface area (Å²) in [4.78, 5) is 24.7. The Morgan fingerprint density at radius 2 is 2.05 bits per heavy atom. The van der Waals surface area contributed by atoms with Crippen molar-refractivity contribution in [3.8, 4) is 0 Å². The van der Waals surface area contributed by atoms with Gasteiger partial charge in [0.1, 0.15) is 6.61 Å². The van der Waals surface area contributed by atoms with Crippen LogP contribution >= 0.6 is 0 Å². The van der Waals surface area contributed by atoms with Crippen LogP contribution in [0, 0.1) is 11.3 Å². The minimum absolute atomic E-state index is 0.108. The predicted molar refractivity (Wildman–Crippen MR) is 72.4 cm³/mol. The smallest absolute Gasteiger partial charge is 0.324 e. The van der Waals surface area contributed by atoms with Gasteiger partial charge in [0.15, 0.2) is 5.41 Å². The lowest BCUT2D eigenvalue weighted by atomic mass is 9.72.